The van der Waals surface area contributed by atoms with Crippen LogP contribution in [0.15, 0.2) is 22.7 Å². The van der Waals surface area contributed by atoms with Gasteiger partial charge in [0, 0.05) is 18.0 Å². The molecule has 2 heterocycles. The molecule has 0 bridgehead atoms. The lowest BCUT2D eigenvalue weighted by molar-refractivity contribution is 0.545. The number of hydrogen-bond donors (Lipinski definition) is 1. The van der Waals surface area contributed by atoms with E-state index in [4.69, 9.17) is 10.2 Å². The van der Waals surface area contributed by atoms with E-state index in [1.165, 1.54) is 0 Å². The van der Waals surface area contributed by atoms with E-state index in [1.807, 2.05) is 12.1 Å². The number of furan rings is 1. The van der Waals surface area contributed by atoms with Crippen LogP contribution in [0.25, 0.3) is 11.0 Å². The highest BCUT2D eigenvalue weighted by Crippen LogP contribution is 2.23. The van der Waals surface area contributed by atoms with Crippen molar-refractivity contribution in [3.63, 3.8) is 0 Å². The number of rotatable bonds is 2. The van der Waals surface area contributed by atoms with Crippen molar-refractivity contribution in [3.8, 4) is 0 Å². The molecule has 2 rings (SSSR count). The first-order chi connectivity index (χ1) is 6.31. The molecule has 0 aliphatic carbocycles. The molecule has 0 unspecified atom stereocenters. The van der Waals surface area contributed by atoms with Crippen LogP contribution < -0.4 is 5.73 Å². The van der Waals surface area contributed by atoms with Gasteiger partial charge in [-0.15, -0.1) is 0 Å². The van der Waals surface area contributed by atoms with Crippen LogP contribution in [0.5, 0.6) is 0 Å². The van der Waals surface area contributed by atoms with E-state index < -0.39 is 0 Å². The highest BCUT2D eigenvalue weighted by Gasteiger charge is 2.05. The molecule has 0 aliphatic rings. The molecule has 3 nitrogen and oxygen atoms in total. The summed E-state index contributed by atoms with van der Waals surface area (Å²) < 4.78 is 5.55. The Hall–Kier alpha value is -1.51. The van der Waals surface area contributed by atoms with E-state index in [0.717, 1.165) is 24.0 Å². The van der Waals surface area contributed by atoms with Crippen molar-refractivity contribution >= 4 is 16.8 Å². The first-order valence-electron chi connectivity index (χ1n) is 4.44. The Kier molecular flexibility index (Phi) is 1.93. The van der Waals surface area contributed by atoms with Crippen LogP contribution >= 0.6 is 0 Å². The molecule has 3 heteroatoms. The van der Waals surface area contributed by atoms with Crippen LogP contribution in [0.1, 0.15) is 19.1 Å². The normalized spacial score (nSPS) is 10.8. The molecule has 0 radical (unpaired) electrons. The second-order valence-corrected chi connectivity index (χ2v) is 3.08. The Morgan fingerprint density at radius 1 is 1.54 bits per heavy atom. The predicted molar refractivity (Wildman–Crippen MR) is 52.4 cm³/mol. The van der Waals surface area contributed by atoms with Gasteiger partial charge in [-0.2, -0.15) is 0 Å². The number of fused-ring (bicyclic) bond motifs is 1. The monoisotopic (exact) mass is 176 g/mol. The quantitative estimate of drug-likeness (QED) is 0.764. The zero-order valence-corrected chi connectivity index (χ0v) is 7.58. The summed E-state index contributed by atoms with van der Waals surface area (Å²) in [7, 11) is 0. The number of aromatic nitrogens is 1. The maximum absolute atomic E-state index is 5.66. The van der Waals surface area contributed by atoms with Crippen LogP contribution in [-0.2, 0) is 6.42 Å². The zero-order valence-electron chi connectivity index (χ0n) is 7.58. The Morgan fingerprint density at radius 2 is 2.38 bits per heavy atom. The lowest BCUT2D eigenvalue weighted by Gasteiger charge is -1.91. The lowest BCUT2D eigenvalue weighted by Crippen LogP contribution is -1.87. The number of pyridine rings is 1. The van der Waals surface area contributed by atoms with E-state index >= 15 is 0 Å². The second-order valence-electron chi connectivity index (χ2n) is 3.08. The summed E-state index contributed by atoms with van der Waals surface area (Å²) in [6.45, 7) is 2.12. The smallest absolute Gasteiger partial charge is 0.176 e. The van der Waals surface area contributed by atoms with Gasteiger partial charge in [-0.3, -0.25) is 0 Å². The van der Waals surface area contributed by atoms with Crippen molar-refractivity contribution in [3.05, 3.63) is 24.1 Å². The summed E-state index contributed by atoms with van der Waals surface area (Å²) in [6.07, 6.45) is 3.73. The van der Waals surface area contributed by atoms with Gasteiger partial charge in [0.25, 0.3) is 0 Å². The summed E-state index contributed by atoms with van der Waals surface area (Å²) >= 11 is 0. The Labute approximate surface area is 76.6 Å². The summed E-state index contributed by atoms with van der Waals surface area (Å²) in [4.78, 5) is 3.96. The fourth-order valence-corrected chi connectivity index (χ4v) is 1.41. The van der Waals surface area contributed by atoms with E-state index in [1.54, 1.807) is 6.20 Å². The number of nitrogen functional groups attached to an aromatic ring is 1. The van der Waals surface area contributed by atoms with E-state index in [2.05, 4.69) is 11.9 Å². The first-order valence-corrected chi connectivity index (χ1v) is 4.44. The maximum atomic E-state index is 5.66. The second kappa shape index (κ2) is 3.09. The third-order valence-corrected chi connectivity index (χ3v) is 2.01. The van der Waals surface area contributed by atoms with Gasteiger partial charge in [-0.1, -0.05) is 6.92 Å². The molecule has 0 fully saturated rings. The molecule has 68 valence electrons. The van der Waals surface area contributed by atoms with Gasteiger partial charge in [-0.05, 0) is 18.6 Å². The summed E-state index contributed by atoms with van der Waals surface area (Å²) in [5.74, 6) is 1.46. The van der Waals surface area contributed by atoms with Crippen LogP contribution in [0.4, 0.5) is 5.82 Å². The number of aryl methyl sites for hydroxylation is 1. The number of nitrogens with two attached hydrogens (primary N) is 1. The third kappa shape index (κ3) is 1.37. The molecule has 0 aromatic carbocycles. The van der Waals surface area contributed by atoms with Crippen molar-refractivity contribution in [2.45, 2.75) is 19.8 Å². The minimum absolute atomic E-state index is 0.472. The molecule has 0 spiro atoms. The standard InChI is InChI=1S/C10H12N2O/c1-2-3-8-6-7-4-5-12-10(11)9(7)13-8/h4-6H,2-3H2,1H3,(H2,11,12). The average molecular weight is 176 g/mol. The molecular weight excluding hydrogens is 164 g/mol. The fourth-order valence-electron chi connectivity index (χ4n) is 1.41. The molecule has 0 saturated heterocycles. The Morgan fingerprint density at radius 3 is 3.08 bits per heavy atom. The van der Waals surface area contributed by atoms with Gasteiger partial charge in [-0.25, -0.2) is 4.98 Å². The van der Waals surface area contributed by atoms with Gasteiger partial charge >= 0.3 is 0 Å². The van der Waals surface area contributed by atoms with Gasteiger partial charge < -0.3 is 10.2 Å². The first kappa shape index (κ1) is 8.10. The SMILES string of the molecule is CCCc1cc2ccnc(N)c2o1. The number of anilines is 1. The number of hydrogen-bond acceptors (Lipinski definition) is 3. The Bertz CT molecular complexity index is 420. The zero-order chi connectivity index (χ0) is 9.26. The van der Waals surface area contributed by atoms with Gasteiger partial charge in [0.05, 0.1) is 0 Å². The third-order valence-electron chi connectivity index (χ3n) is 2.01. The summed E-state index contributed by atoms with van der Waals surface area (Å²) in [5.41, 5.74) is 6.37. The van der Waals surface area contributed by atoms with Crippen molar-refractivity contribution in [2.75, 3.05) is 5.73 Å². The van der Waals surface area contributed by atoms with Crippen LogP contribution in [-0.4, -0.2) is 4.98 Å². The molecule has 0 saturated carbocycles. The highest BCUT2D eigenvalue weighted by molar-refractivity contribution is 5.85. The fraction of sp³-hybridized carbons (Fsp3) is 0.300. The molecule has 2 aromatic heterocycles. The van der Waals surface area contributed by atoms with E-state index in [9.17, 15) is 0 Å². The van der Waals surface area contributed by atoms with Gasteiger partial charge in [0.2, 0.25) is 0 Å². The summed E-state index contributed by atoms with van der Waals surface area (Å²) in [6, 6.07) is 3.94. The topological polar surface area (TPSA) is 52.0 Å². The predicted octanol–water partition coefficient (Wildman–Crippen LogP) is 2.36. The van der Waals surface area contributed by atoms with Crippen molar-refractivity contribution in [1.29, 1.82) is 0 Å². The lowest BCUT2D eigenvalue weighted by atomic mass is 10.2. The summed E-state index contributed by atoms with van der Waals surface area (Å²) in [5, 5.41) is 1.04. The number of nitrogens with zero attached hydrogens (tertiary/aromatic N) is 1. The van der Waals surface area contributed by atoms with E-state index in [-0.39, 0.29) is 0 Å². The molecular formula is C10H12N2O. The molecule has 13 heavy (non-hydrogen) atoms. The highest BCUT2D eigenvalue weighted by atomic mass is 16.3. The minimum atomic E-state index is 0.472. The molecule has 0 amide bonds. The van der Waals surface area contributed by atoms with E-state index in [0.29, 0.717) is 11.4 Å². The maximum Gasteiger partial charge on any atom is 0.176 e. The molecule has 0 atom stereocenters. The van der Waals surface area contributed by atoms with Gasteiger partial charge in [0.15, 0.2) is 11.4 Å². The Balaban J connectivity index is 2.55. The van der Waals surface area contributed by atoms with Crippen molar-refractivity contribution in [2.24, 2.45) is 0 Å². The largest absolute Gasteiger partial charge is 0.457 e. The van der Waals surface area contributed by atoms with Crippen LogP contribution in [0, 0.1) is 0 Å². The molecule has 2 N–H and O–H groups in total. The van der Waals surface area contributed by atoms with Crippen LogP contribution in [0.3, 0.4) is 0 Å². The van der Waals surface area contributed by atoms with Crippen molar-refractivity contribution < 1.29 is 4.42 Å². The minimum Gasteiger partial charge on any atom is -0.457 e. The average Bonchev–Trinajstić information content (AvgIpc) is 2.49. The molecule has 0 aliphatic heterocycles. The van der Waals surface area contributed by atoms with Crippen molar-refractivity contribution in [1.82, 2.24) is 4.98 Å². The van der Waals surface area contributed by atoms with Crippen LogP contribution in [0.2, 0.25) is 0 Å². The molecule has 2 aromatic rings. The van der Waals surface area contributed by atoms with Gasteiger partial charge in [0.1, 0.15) is 5.76 Å².